The van der Waals surface area contributed by atoms with Crippen LogP contribution >= 0.6 is 0 Å². The lowest BCUT2D eigenvalue weighted by Crippen LogP contribution is -2.48. The molecular formula is C21H29N5O2. The lowest BCUT2D eigenvalue weighted by atomic mass is 9.96. The monoisotopic (exact) mass is 383 g/mol. The van der Waals surface area contributed by atoms with Crippen LogP contribution in [0.5, 0.6) is 0 Å². The van der Waals surface area contributed by atoms with Crippen LogP contribution < -0.4 is 4.90 Å². The first-order valence-electron chi connectivity index (χ1n) is 10.5. The second kappa shape index (κ2) is 8.39. The molecule has 7 nitrogen and oxygen atoms in total. The molecule has 0 N–H and O–H groups in total. The molecule has 0 radical (unpaired) electrons. The Morgan fingerprint density at radius 1 is 1.14 bits per heavy atom. The third kappa shape index (κ3) is 3.81. The highest BCUT2D eigenvalue weighted by atomic mass is 16.5. The normalized spacial score (nSPS) is 20.6. The number of hydrogen-bond donors (Lipinski definition) is 0. The minimum absolute atomic E-state index is 0.0438. The van der Waals surface area contributed by atoms with Crippen LogP contribution in [-0.4, -0.2) is 65.2 Å². The molecule has 1 atom stereocenters. The molecule has 28 heavy (non-hydrogen) atoms. The van der Waals surface area contributed by atoms with Crippen LogP contribution in [-0.2, 0) is 22.4 Å². The molecule has 0 spiro atoms. The Kier molecular flexibility index (Phi) is 5.71. The van der Waals surface area contributed by atoms with Crippen molar-refractivity contribution in [1.29, 1.82) is 0 Å². The number of morpholine rings is 1. The summed E-state index contributed by atoms with van der Waals surface area (Å²) in [6.45, 7) is 8.61. The van der Waals surface area contributed by atoms with Crippen molar-refractivity contribution in [1.82, 2.24) is 19.9 Å². The Hall–Kier alpha value is -2.28. The van der Waals surface area contributed by atoms with E-state index in [1.54, 1.807) is 0 Å². The van der Waals surface area contributed by atoms with Gasteiger partial charge in [-0.25, -0.2) is 15.0 Å². The van der Waals surface area contributed by atoms with Gasteiger partial charge in [-0.05, 0) is 31.7 Å². The second-order valence-corrected chi connectivity index (χ2v) is 7.58. The number of nitrogens with zero attached hydrogens (tertiary/aromatic N) is 5. The number of aromatic nitrogens is 3. The summed E-state index contributed by atoms with van der Waals surface area (Å²) in [5, 5.41) is 0. The molecular weight excluding hydrogens is 354 g/mol. The van der Waals surface area contributed by atoms with Crippen LogP contribution in [0.25, 0.3) is 11.2 Å². The van der Waals surface area contributed by atoms with Crippen LogP contribution in [0.15, 0.2) is 12.3 Å². The van der Waals surface area contributed by atoms with E-state index in [0.717, 1.165) is 61.4 Å². The summed E-state index contributed by atoms with van der Waals surface area (Å²) in [5.74, 6) is 0.310. The predicted molar refractivity (Wildman–Crippen MR) is 108 cm³/mol. The van der Waals surface area contributed by atoms with Crippen molar-refractivity contribution >= 4 is 22.8 Å². The first kappa shape index (κ1) is 19.1. The fourth-order valence-electron chi connectivity index (χ4n) is 4.20. The summed E-state index contributed by atoms with van der Waals surface area (Å²) in [5.41, 5.74) is 4.66. The van der Waals surface area contributed by atoms with Gasteiger partial charge in [0.2, 0.25) is 5.91 Å². The minimum atomic E-state index is 0.0438. The smallest absolute Gasteiger partial charge is 0.227 e. The SMILES string of the molecule is CCc1nc2cc(N3CCC[C@@H](C(=O)N4CCOCC4)C3)cnc2nc1CC. The lowest BCUT2D eigenvalue weighted by Gasteiger charge is -2.37. The maximum atomic E-state index is 12.9. The molecule has 4 heterocycles. The summed E-state index contributed by atoms with van der Waals surface area (Å²) < 4.78 is 5.38. The van der Waals surface area contributed by atoms with E-state index in [-0.39, 0.29) is 11.8 Å². The van der Waals surface area contributed by atoms with Gasteiger partial charge in [0.1, 0.15) is 5.52 Å². The van der Waals surface area contributed by atoms with E-state index in [2.05, 4.69) is 29.8 Å². The topological polar surface area (TPSA) is 71.5 Å². The van der Waals surface area contributed by atoms with Crippen molar-refractivity contribution in [3.63, 3.8) is 0 Å². The summed E-state index contributed by atoms with van der Waals surface area (Å²) in [4.78, 5) is 31.2. The van der Waals surface area contributed by atoms with Gasteiger partial charge < -0.3 is 14.5 Å². The first-order chi connectivity index (χ1) is 13.7. The molecule has 2 aromatic rings. The van der Waals surface area contributed by atoms with E-state index in [0.29, 0.717) is 32.0 Å². The van der Waals surface area contributed by atoms with Gasteiger partial charge in [-0.1, -0.05) is 13.8 Å². The maximum absolute atomic E-state index is 12.9. The Labute approximate surface area is 166 Å². The Morgan fingerprint density at radius 2 is 1.89 bits per heavy atom. The molecule has 2 aromatic heterocycles. The minimum Gasteiger partial charge on any atom is -0.378 e. The number of aryl methyl sites for hydroxylation is 2. The molecule has 2 fully saturated rings. The van der Waals surface area contributed by atoms with Crippen molar-refractivity contribution in [2.45, 2.75) is 39.5 Å². The van der Waals surface area contributed by atoms with Crippen molar-refractivity contribution in [3.8, 4) is 0 Å². The van der Waals surface area contributed by atoms with E-state index >= 15 is 0 Å². The van der Waals surface area contributed by atoms with Gasteiger partial charge in [0, 0.05) is 26.2 Å². The molecule has 0 bridgehead atoms. The molecule has 2 aliphatic rings. The average Bonchev–Trinajstić information content (AvgIpc) is 2.77. The van der Waals surface area contributed by atoms with Crippen molar-refractivity contribution in [3.05, 3.63) is 23.7 Å². The van der Waals surface area contributed by atoms with Crippen LogP contribution in [0, 0.1) is 5.92 Å². The highest BCUT2D eigenvalue weighted by Crippen LogP contribution is 2.26. The van der Waals surface area contributed by atoms with Gasteiger partial charge in [0.05, 0.1) is 42.4 Å². The number of anilines is 1. The molecule has 2 saturated heterocycles. The third-order valence-corrected chi connectivity index (χ3v) is 5.79. The quantitative estimate of drug-likeness (QED) is 0.806. The first-order valence-corrected chi connectivity index (χ1v) is 10.5. The Morgan fingerprint density at radius 3 is 2.64 bits per heavy atom. The van der Waals surface area contributed by atoms with E-state index in [4.69, 9.17) is 14.7 Å². The molecule has 0 aliphatic carbocycles. The maximum Gasteiger partial charge on any atom is 0.227 e. The van der Waals surface area contributed by atoms with Gasteiger partial charge in [0.25, 0.3) is 0 Å². The van der Waals surface area contributed by atoms with Crippen LogP contribution in [0.2, 0.25) is 0 Å². The second-order valence-electron chi connectivity index (χ2n) is 7.58. The van der Waals surface area contributed by atoms with Gasteiger partial charge in [0.15, 0.2) is 5.65 Å². The number of amides is 1. The molecule has 7 heteroatoms. The number of hydrogen-bond acceptors (Lipinski definition) is 6. The van der Waals surface area contributed by atoms with Gasteiger partial charge >= 0.3 is 0 Å². The molecule has 0 aromatic carbocycles. The number of ether oxygens (including phenoxy) is 1. The van der Waals surface area contributed by atoms with Gasteiger partial charge in [-0.15, -0.1) is 0 Å². The lowest BCUT2D eigenvalue weighted by molar-refractivity contribution is -0.139. The number of rotatable bonds is 4. The Balaban J connectivity index is 1.54. The fraction of sp³-hybridized carbons (Fsp3) is 0.619. The molecule has 1 amide bonds. The van der Waals surface area contributed by atoms with Crippen molar-refractivity contribution in [2.75, 3.05) is 44.3 Å². The largest absolute Gasteiger partial charge is 0.378 e. The van der Waals surface area contributed by atoms with E-state index in [1.807, 2.05) is 11.1 Å². The number of fused-ring (bicyclic) bond motifs is 1. The van der Waals surface area contributed by atoms with E-state index < -0.39 is 0 Å². The van der Waals surface area contributed by atoms with E-state index in [1.165, 1.54) is 0 Å². The highest BCUT2D eigenvalue weighted by Gasteiger charge is 2.30. The molecule has 0 saturated carbocycles. The summed E-state index contributed by atoms with van der Waals surface area (Å²) in [6.07, 6.45) is 5.58. The fourth-order valence-corrected chi connectivity index (χ4v) is 4.20. The van der Waals surface area contributed by atoms with Crippen molar-refractivity contribution < 1.29 is 9.53 Å². The predicted octanol–water partition coefficient (Wildman–Crippen LogP) is 2.22. The van der Waals surface area contributed by atoms with E-state index in [9.17, 15) is 4.79 Å². The number of carbonyl (C=O) groups is 1. The Bertz CT molecular complexity index is 850. The zero-order valence-electron chi connectivity index (χ0n) is 16.9. The van der Waals surface area contributed by atoms with Crippen LogP contribution in [0.3, 0.4) is 0 Å². The average molecular weight is 383 g/mol. The summed E-state index contributed by atoms with van der Waals surface area (Å²) in [6, 6.07) is 2.08. The van der Waals surface area contributed by atoms with Gasteiger partial charge in [-0.2, -0.15) is 0 Å². The van der Waals surface area contributed by atoms with Gasteiger partial charge in [-0.3, -0.25) is 4.79 Å². The highest BCUT2D eigenvalue weighted by molar-refractivity contribution is 5.80. The molecule has 2 aliphatic heterocycles. The molecule has 4 rings (SSSR count). The van der Waals surface area contributed by atoms with Crippen LogP contribution in [0.4, 0.5) is 5.69 Å². The number of piperidine rings is 1. The summed E-state index contributed by atoms with van der Waals surface area (Å²) >= 11 is 0. The number of pyridine rings is 1. The standard InChI is InChI=1S/C21H29N5O2/c1-3-17-18(4-2)24-20-19(23-17)12-16(13-22-20)26-7-5-6-15(14-26)21(27)25-8-10-28-11-9-25/h12-13,15H,3-11,14H2,1-2H3/t15-/m1/s1. The molecule has 150 valence electrons. The van der Waals surface area contributed by atoms with Crippen molar-refractivity contribution in [2.24, 2.45) is 5.92 Å². The van der Waals surface area contributed by atoms with Crippen LogP contribution in [0.1, 0.15) is 38.1 Å². The third-order valence-electron chi connectivity index (χ3n) is 5.79. The zero-order valence-corrected chi connectivity index (χ0v) is 16.9. The molecule has 0 unspecified atom stereocenters. The zero-order chi connectivity index (χ0) is 19.5. The summed E-state index contributed by atoms with van der Waals surface area (Å²) in [7, 11) is 0. The number of carbonyl (C=O) groups excluding carboxylic acids is 1.